The molecule has 7 nitrogen and oxygen atoms in total. The van der Waals surface area contributed by atoms with E-state index in [-0.39, 0.29) is 17.1 Å². The van der Waals surface area contributed by atoms with E-state index >= 15 is 0 Å². The van der Waals surface area contributed by atoms with Gasteiger partial charge in [0.2, 0.25) is 0 Å². The third-order valence-electron chi connectivity index (χ3n) is 7.01. The highest BCUT2D eigenvalue weighted by atomic mass is 16.1. The van der Waals surface area contributed by atoms with E-state index in [1.54, 1.807) is 0 Å². The van der Waals surface area contributed by atoms with Crippen molar-refractivity contribution in [3.8, 4) is 0 Å². The minimum absolute atomic E-state index is 0.0668. The van der Waals surface area contributed by atoms with Crippen molar-refractivity contribution in [3.63, 3.8) is 0 Å². The molecule has 0 aliphatic carbocycles. The van der Waals surface area contributed by atoms with Crippen molar-refractivity contribution in [1.82, 2.24) is 30.1 Å². The largest absolute Gasteiger partial charge is 0.322 e. The van der Waals surface area contributed by atoms with Crippen molar-refractivity contribution in [2.75, 3.05) is 13.1 Å². The Morgan fingerprint density at radius 3 is 2.68 bits per heavy atom. The van der Waals surface area contributed by atoms with Crippen LogP contribution in [0.5, 0.6) is 0 Å². The van der Waals surface area contributed by atoms with Crippen molar-refractivity contribution in [2.24, 2.45) is 5.92 Å². The van der Waals surface area contributed by atoms with Crippen LogP contribution in [0.2, 0.25) is 0 Å². The van der Waals surface area contributed by atoms with Gasteiger partial charge in [0.25, 0.3) is 5.56 Å². The first kappa shape index (κ1) is 21.7. The van der Waals surface area contributed by atoms with Crippen molar-refractivity contribution in [1.29, 1.82) is 0 Å². The lowest BCUT2D eigenvalue weighted by Crippen LogP contribution is -2.42. The average molecular weight is 423 g/mol. The number of aromatic nitrogens is 5. The number of hydrogen-bond donors (Lipinski definition) is 1. The number of fused-ring (bicyclic) bond motifs is 1. The maximum atomic E-state index is 13.4. The van der Waals surface area contributed by atoms with E-state index in [1.807, 2.05) is 10.7 Å². The summed E-state index contributed by atoms with van der Waals surface area (Å²) >= 11 is 0. The lowest BCUT2D eigenvalue weighted by molar-refractivity contribution is 0.135. The van der Waals surface area contributed by atoms with Crippen molar-refractivity contribution < 1.29 is 0 Å². The van der Waals surface area contributed by atoms with Gasteiger partial charge in [-0.2, -0.15) is 0 Å². The first-order valence-corrected chi connectivity index (χ1v) is 11.4. The number of hydrogen-bond acceptors (Lipinski definition) is 5. The topological polar surface area (TPSA) is 79.7 Å². The van der Waals surface area contributed by atoms with E-state index in [9.17, 15) is 4.79 Å². The Bertz CT molecular complexity index is 1140. The van der Waals surface area contributed by atoms with Gasteiger partial charge in [0, 0.05) is 17.6 Å². The minimum atomic E-state index is -0.279. The zero-order chi connectivity index (χ0) is 22.3. The number of tetrazole rings is 1. The van der Waals surface area contributed by atoms with Gasteiger partial charge in [-0.25, -0.2) is 4.68 Å². The minimum Gasteiger partial charge on any atom is -0.322 e. The number of nitrogens with zero attached hydrogens (tertiary/aromatic N) is 5. The number of piperidine rings is 1. The van der Waals surface area contributed by atoms with Crippen LogP contribution < -0.4 is 5.56 Å². The summed E-state index contributed by atoms with van der Waals surface area (Å²) in [6, 6.07) is 5.97. The van der Waals surface area contributed by atoms with E-state index in [0.29, 0.717) is 11.5 Å². The summed E-state index contributed by atoms with van der Waals surface area (Å²) in [6.07, 6.45) is 3.21. The number of aromatic amines is 1. The van der Waals surface area contributed by atoms with Crippen LogP contribution in [0, 0.1) is 19.8 Å². The molecule has 7 heteroatoms. The molecule has 1 aromatic carbocycles. The molecule has 0 saturated carbocycles. The summed E-state index contributed by atoms with van der Waals surface area (Å²) in [5.41, 5.74) is 3.67. The fourth-order valence-electron chi connectivity index (χ4n) is 4.60. The van der Waals surface area contributed by atoms with Crippen LogP contribution in [0.25, 0.3) is 10.9 Å². The second kappa shape index (κ2) is 8.19. The first-order valence-electron chi connectivity index (χ1n) is 11.4. The van der Waals surface area contributed by atoms with E-state index in [2.05, 4.69) is 79.1 Å². The van der Waals surface area contributed by atoms with Crippen LogP contribution in [-0.4, -0.2) is 43.2 Å². The predicted molar refractivity (Wildman–Crippen MR) is 123 cm³/mol. The Labute approximate surface area is 183 Å². The quantitative estimate of drug-likeness (QED) is 0.670. The van der Waals surface area contributed by atoms with Crippen LogP contribution >= 0.6 is 0 Å². The molecule has 3 heterocycles. The van der Waals surface area contributed by atoms with E-state index in [4.69, 9.17) is 0 Å². The first-order chi connectivity index (χ1) is 14.7. The summed E-state index contributed by atoms with van der Waals surface area (Å²) in [6.45, 7) is 14.7. The molecular formula is C24H34N6O. The van der Waals surface area contributed by atoms with Gasteiger partial charge in [-0.15, -0.1) is 5.10 Å². The SMILES string of the molecule is CCC(C)(C)n1nnnc1[C@H](c1cc2cc(C)c(C)cc2[nH]c1=O)N1CCC[C@@H](C)C1. The Morgan fingerprint density at radius 2 is 1.97 bits per heavy atom. The van der Waals surface area contributed by atoms with Crippen LogP contribution in [0.1, 0.15) is 75.5 Å². The predicted octanol–water partition coefficient (Wildman–Crippen LogP) is 4.10. The highest BCUT2D eigenvalue weighted by molar-refractivity contribution is 5.81. The van der Waals surface area contributed by atoms with Crippen LogP contribution in [0.15, 0.2) is 23.0 Å². The molecule has 1 N–H and O–H groups in total. The standard InChI is InChI=1S/C24H34N6O/c1-7-24(5,6)30-22(26-27-28-30)21(29-10-8-9-15(2)14-29)19-13-18-11-16(3)17(4)12-20(18)25-23(19)31/h11-13,15,21H,7-10,14H2,1-6H3,(H,25,31)/t15-,21+/m1/s1. The molecule has 1 saturated heterocycles. The normalized spacial score (nSPS) is 19.1. The van der Waals surface area contributed by atoms with Crippen molar-refractivity contribution >= 4 is 10.9 Å². The van der Waals surface area contributed by atoms with E-state index in [1.165, 1.54) is 17.5 Å². The molecule has 0 amide bonds. The fraction of sp³-hybridized carbons (Fsp3) is 0.583. The molecule has 4 rings (SSSR count). The van der Waals surface area contributed by atoms with Crippen LogP contribution in [-0.2, 0) is 5.54 Å². The lowest BCUT2D eigenvalue weighted by Gasteiger charge is -2.37. The molecule has 166 valence electrons. The highest BCUT2D eigenvalue weighted by Gasteiger charge is 2.35. The van der Waals surface area contributed by atoms with Gasteiger partial charge in [-0.1, -0.05) is 13.8 Å². The zero-order valence-corrected chi connectivity index (χ0v) is 19.6. The molecule has 2 atom stereocenters. The van der Waals surface area contributed by atoms with Gasteiger partial charge in [0.05, 0.1) is 5.54 Å². The molecule has 0 radical (unpaired) electrons. The Morgan fingerprint density at radius 1 is 1.23 bits per heavy atom. The summed E-state index contributed by atoms with van der Waals surface area (Å²) in [5.74, 6) is 1.32. The number of nitrogens with one attached hydrogen (secondary N) is 1. The highest BCUT2D eigenvalue weighted by Crippen LogP contribution is 2.33. The number of benzene rings is 1. The van der Waals surface area contributed by atoms with Gasteiger partial charge in [-0.05, 0) is 105 Å². The summed E-state index contributed by atoms with van der Waals surface area (Å²) in [4.78, 5) is 18.9. The smallest absolute Gasteiger partial charge is 0.253 e. The summed E-state index contributed by atoms with van der Waals surface area (Å²) in [5, 5.41) is 13.9. The molecule has 1 fully saturated rings. The molecule has 1 aliphatic rings. The van der Waals surface area contributed by atoms with Gasteiger partial charge in [0.1, 0.15) is 6.04 Å². The number of rotatable bonds is 5. The molecule has 1 aliphatic heterocycles. The number of likely N-dealkylation sites (tertiary alicyclic amines) is 1. The Hall–Kier alpha value is -2.54. The van der Waals surface area contributed by atoms with Gasteiger partial charge < -0.3 is 4.98 Å². The maximum Gasteiger partial charge on any atom is 0.253 e. The molecule has 2 aromatic heterocycles. The summed E-state index contributed by atoms with van der Waals surface area (Å²) < 4.78 is 1.92. The molecule has 31 heavy (non-hydrogen) atoms. The van der Waals surface area contributed by atoms with Gasteiger partial charge in [0.15, 0.2) is 5.82 Å². The fourth-order valence-corrected chi connectivity index (χ4v) is 4.60. The second-order valence-corrected chi connectivity index (χ2v) is 9.84. The maximum absolute atomic E-state index is 13.4. The lowest BCUT2D eigenvalue weighted by atomic mass is 9.94. The molecular weight excluding hydrogens is 388 g/mol. The third kappa shape index (κ3) is 4.03. The van der Waals surface area contributed by atoms with Crippen LogP contribution in [0.3, 0.4) is 0 Å². The molecule has 0 spiro atoms. The van der Waals surface area contributed by atoms with Crippen LogP contribution in [0.4, 0.5) is 0 Å². The number of aryl methyl sites for hydroxylation is 2. The monoisotopic (exact) mass is 422 g/mol. The van der Waals surface area contributed by atoms with E-state index in [0.717, 1.165) is 42.7 Å². The Kier molecular flexibility index (Phi) is 5.73. The Balaban J connectivity index is 1.92. The second-order valence-electron chi connectivity index (χ2n) is 9.84. The third-order valence-corrected chi connectivity index (χ3v) is 7.01. The zero-order valence-electron chi connectivity index (χ0n) is 19.6. The van der Waals surface area contributed by atoms with Crippen molar-refractivity contribution in [2.45, 2.75) is 72.4 Å². The number of H-pyrrole nitrogens is 1. The molecule has 0 bridgehead atoms. The van der Waals surface area contributed by atoms with E-state index < -0.39 is 0 Å². The van der Waals surface area contributed by atoms with Gasteiger partial charge in [-0.3, -0.25) is 9.69 Å². The summed E-state index contributed by atoms with van der Waals surface area (Å²) in [7, 11) is 0. The average Bonchev–Trinajstić information content (AvgIpc) is 3.21. The van der Waals surface area contributed by atoms with Gasteiger partial charge >= 0.3 is 0 Å². The number of pyridine rings is 1. The molecule has 3 aromatic rings. The molecule has 0 unspecified atom stereocenters. The van der Waals surface area contributed by atoms with Crippen molar-refractivity contribution in [3.05, 3.63) is 51.1 Å².